The van der Waals surface area contributed by atoms with Crippen molar-refractivity contribution in [1.82, 2.24) is 4.90 Å². The van der Waals surface area contributed by atoms with Gasteiger partial charge in [-0.25, -0.2) is 4.39 Å². The zero-order valence-electron chi connectivity index (χ0n) is 10.9. The second-order valence-electron chi connectivity index (χ2n) is 4.93. The summed E-state index contributed by atoms with van der Waals surface area (Å²) in [5, 5.41) is 0. The van der Waals surface area contributed by atoms with E-state index in [9.17, 15) is 17.6 Å². The van der Waals surface area contributed by atoms with E-state index in [1.807, 2.05) is 7.05 Å². The zero-order chi connectivity index (χ0) is 14.2. The van der Waals surface area contributed by atoms with E-state index in [1.54, 1.807) is 11.8 Å². The molecule has 6 heteroatoms. The van der Waals surface area contributed by atoms with Gasteiger partial charge in [-0.2, -0.15) is 13.2 Å². The number of likely N-dealkylation sites (N-methyl/N-ethyl adjacent to an activating group) is 1. The van der Waals surface area contributed by atoms with Crippen molar-refractivity contribution < 1.29 is 17.6 Å². The molecular formula is C13H16F4N2. The van der Waals surface area contributed by atoms with Crippen LogP contribution in [0, 0.1) is 12.7 Å². The summed E-state index contributed by atoms with van der Waals surface area (Å²) in [6.45, 7) is 4.06. The van der Waals surface area contributed by atoms with Crippen LogP contribution in [-0.2, 0) is 6.18 Å². The third-order valence-electron chi connectivity index (χ3n) is 3.35. The fourth-order valence-electron chi connectivity index (χ4n) is 2.23. The highest BCUT2D eigenvalue weighted by atomic mass is 19.4. The van der Waals surface area contributed by atoms with Gasteiger partial charge in [0.2, 0.25) is 0 Å². The summed E-state index contributed by atoms with van der Waals surface area (Å²) < 4.78 is 52.4. The Labute approximate surface area is 109 Å². The summed E-state index contributed by atoms with van der Waals surface area (Å²) in [7, 11) is 1.94. The van der Waals surface area contributed by atoms with E-state index in [0.717, 1.165) is 6.07 Å². The van der Waals surface area contributed by atoms with Crippen molar-refractivity contribution in [2.75, 3.05) is 38.1 Å². The molecule has 0 saturated carbocycles. The van der Waals surface area contributed by atoms with Gasteiger partial charge in [0.25, 0.3) is 0 Å². The van der Waals surface area contributed by atoms with Crippen LogP contribution in [0.15, 0.2) is 12.1 Å². The molecule has 1 aliphatic heterocycles. The van der Waals surface area contributed by atoms with E-state index in [1.165, 1.54) is 6.07 Å². The standard InChI is InChI=1S/C13H16F4N2/c1-9-7-10(13(15,16)17)12(14)11(8-9)19-5-3-18(2)4-6-19/h7-8H,3-6H2,1-2H3. The lowest BCUT2D eigenvalue weighted by atomic mass is 10.1. The van der Waals surface area contributed by atoms with Crippen molar-refractivity contribution >= 4 is 5.69 Å². The van der Waals surface area contributed by atoms with E-state index < -0.39 is 17.6 Å². The van der Waals surface area contributed by atoms with E-state index in [-0.39, 0.29) is 5.69 Å². The van der Waals surface area contributed by atoms with E-state index in [4.69, 9.17) is 0 Å². The van der Waals surface area contributed by atoms with Crippen LogP contribution in [-0.4, -0.2) is 38.1 Å². The first kappa shape index (κ1) is 14.1. The predicted molar refractivity (Wildman–Crippen MR) is 65.8 cm³/mol. The first-order chi connectivity index (χ1) is 8.79. The van der Waals surface area contributed by atoms with Crippen molar-refractivity contribution in [2.45, 2.75) is 13.1 Å². The van der Waals surface area contributed by atoms with Crippen LogP contribution in [0.2, 0.25) is 0 Å². The van der Waals surface area contributed by atoms with Crippen LogP contribution in [0.4, 0.5) is 23.2 Å². The summed E-state index contributed by atoms with van der Waals surface area (Å²) in [5.41, 5.74) is -0.704. The summed E-state index contributed by atoms with van der Waals surface area (Å²) >= 11 is 0. The molecule has 106 valence electrons. The number of piperazine rings is 1. The normalized spacial score (nSPS) is 17.9. The van der Waals surface area contributed by atoms with Gasteiger partial charge >= 0.3 is 6.18 Å². The van der Waals surface area contributed by atoms with Crippen molar-refractivity contribution in [1.29, 1.82) is 0 Å². The molecule has 0 aliphatic carbocycles. The highest BCUT2D eigenvalue weighted by Crippen LogP contribution is 2.36. The molecule has 1 aliphatic rings. The zero-order valence-corrected chi connectivity index (χ0v) is 10.9. The van der Waals surface area contributed by atoms with Gasteiger partial charge in [0.1, 0.15) is 0 Å². The van der Waals surface area contributed by atoms with Crippen LogP contribution in [0.25, 0.3) is 0 Å². The summed E-state index contributed by atoms with van der Waals surface area (Å²) in [6.07, 6.45) is -4.66. The smallest absolute Gasteiger partial charge is 0.367 e. The van der Waals surface area contributed by atoms with Crippen LogP contribution in [0.3, 0.4) is 0 Å². The minimum Gasteiger partial charge on any atom is -0.367 e. The molecule has 2 nitrogen and oxygen atoms in total. The van der Waals surface area contributed by atoms with Gasteiger partial charge in [-0.05, 0) is 31.7 Å². The van der Waals surface area contributed by atoms with Crippen LogP contribution >= 0.6 is 0 Å². The van der Waals surface area contributed by atoms with E-state index >= 15 is 0 Å². The maximum Gasteiger partial charge on any atom is 0.419 e. The number of anilines is 1. The lowest BCUT2D eigenvalue weighted by Crippen LogP contribution is -2.45. The van der Waals surface area contributed by atoms with Gasteiger partial charge in [-0.3, -0.25) is 0 Å². The molecule has 2 rings (SSSR count). The Morgan fingerprint density at radius 3 is 2.16 bits per heavy atom. The van der Waals surface area contributed by atoms with Gasteiger partial charge in [-0.15, -0.1) is 0 Å². The van der Waals surface area contributed by atoms with Crippen LogP contribution in [0.5, 0.6) is 0 Å². The second kappa shape index (κ2) is 5.00. The van der Waals surface area contributed by atoms with Gasteiger partial charge in [0.15, 0.2) is 5.82 Å². The second-order valence-corrected chi connectivity index (χ2v) is 4.93. The summed E-state index contributed by atoms with van der Waals surface area (Å²) in [6, 6.07) is 2.34. The molecule has 1 saturated heterocycles. The first-order valence-corrected chi connectivity index (χ1v) is 6.10. The minimum atomic E-state index is -4.66. The maximum atomic E-state index is 14.1. The van der Waals surface area contributed by atoms with Crippen molar-refractivity contribution in [2.24, 2.45) is 0 Å². The Kier molecular flexibility index (Phi) is 3.71. The van der Waals surface area contributed by atoms with Gasteiger partial charge < -0.3 is 9.80 Å². The molecule has 0 bridgehead atoms. The van der Waals surface area contributed by atoms with Crippen LogP contribution < -0.4 is 4.90 Å². The fraction of sp³-hybridized carbons (Fsp3) is 0.538. The Hall–Kier alpha value is -1.30. The predicted octanol–water partition coefficient (Wildman–Crippen LogP) is 2.90. The van der Waals surface area contributed by atoms with Gasteiger partial charge in [0.05, 0.1) is 11.3 Å². The molecule has 0 amide bonds. The van der Waals surface area contributed by atoms with Crippen molar-refractivity contribution in [3.8, 4) is 0 Å². The first-order valence-electron chi connectivity index (χ1n) is 6.10. The third-order valence-corrected chi connectivity index (χ3v) is 3.35. The number of hydrogen-bond donors (Lipinski definition) is 0. The average Bonchev–Trinajstić information content (AvgIpc) is 2.31. The topological polar surface area (TPSA) is 6.48 Å². The summed E-state index contributed by atoms with van der Waals surface area (Å²) in [4.78, 5) is 3.74. The highest BCUT2D eigenvalue weighted by Gasteiger charge is 2.36. The van der Waals surface area contributed by atoms with E-state index in [2.05, 4.69) is 4.90 Å². The molecule has 1 fully saturated rings. The van der Waals surface area contributed by atoms with E-state index in [0.29, 0.717) is 31.7 Å². The molecular weight excluding hydrogens is 260 g/mol. The Bertz CT molecular complexity index is 462. The molecule has 1 aromatic carbocycles. The maximum absolute atomic E-state index is 14.1. The molecule has 1 heterocycles. The minimum absolute atomic E-state index is 0.0559. The highest BCUT2D eigenvalue weighted by molar-refractivity contribution is 5.53. The van der Waals surface area contributed by atoms with Crippen molar-refractivity contribution in [3.63, 3.8) is 0 Å². The number of nitrogens with zero attached hydrogens (tertiary/aromatic N) is 2. The van der Waals surface area contributed by atoms with Crippen LogP contribution in [0.1, 0.15) is 11.1 Å². The third kappa shape index (κ3) is 3.00. The molecule has 1 aromatic rings. The fourth-order valence-corrected chi connectivity index (χ4v) is 2.23. The Morgan fingerprint density at radius 1 is 1.05 bits per heavy atom. The quantitative estimate of drug-likeness (QED) is 0.728. The molecule has 0 unspecified atom stereocenters. The Balaban J connectivity index is 2.38. The molecule has 0 N–H and O–H groups in total. The number of halogens is 4. The lowest BCUT2D eigenvalue weighted by molar-refractivity contribution is -0.139. The van der Waals surface area contributed by atoms with Crippen molar-refractivity contribution in [3.05, 3.63) is 29.1 Å². The average molecular weight is 276 g/mol. The number of benzene rings is 1. The van der Waals surface area contributed by atoms with Gasteiger partial charge in [0, 0.05) is 26.2 Å². The number of alkyl halides is 3. The molecule has 19 heavy (non-hydrogen) atoms. The summed E-state index contributed by atoms with van der Waals surface area (Å²) in [5.74, 6) is -1.16. The molecule has 0 atom stereocenters. The molecule has 0 spiro atoms. The number of aryl methyl sites for hydroxylation is 1. The lowest BCUT2D eigenvalue weighted by Gasteiger charge is -2.34. The monoisotopic (exact) mass is 276 g/mol. The molecule has 0 aromatic heterocycles. The number of rotatable bonds is 1. The largest absolute Gasteiger partial charge is 0.419 e. The SMILES string of the molecule is Cc1cc(N2CCN(C)CC2)c(F)c(C(F)(F)F)c1. The van der Waals surface area contributed by atoms with Gasteiger partial charge in [-0.1, -0.05) is 0 Å². The molecule has 0 radical (unpaired) electrons. The number of hydrogen-bond acceptors (Lipinski definition) is 2. The Morgan fingerprint density at radius 2 is 1.63 bits per heavy atom.